The van der Waals surface area contributed by atoms with Crippen LogP contribution < -0.4 is 5.32 Å². The molecule has 0 aromatic rings. The van der Waals surface area contributed by atoms with E-state index in [1.165, 1.54) is 4.90 Å². The van der Waals surface area contributed by atoms with Crippen molar-refractivity contribution in [2.24, 2.45) is 0 Å². The Bertz CT molecular complexity index is 290. The summed E-state index contributed by atoms with van der Waals surface area (Å²) in [4.78, 5) is 24.3. The summed E-state index contributed by atoms with van der Waals surface area (Å²) < 4.78 is 5.46. The van der Waals surface area contributed by atoms with E-state index in [1.54, 1.807) is 0 Å². The Hall–Kier alpha value is -1.14. The van der Waals surface area contributed by atoms with E-state index < -0.39 is 5.97 Å². The highest BCUT2D eigenvalue weighted by Crippen LogP contribution is 2.10. The van der Waals surface area contributed by atoms with Gasteiger partial charge >= 0.3 is 5.97 Å². The van der Waals surface area contributed by atoms with Gasteiger partial charge in [-0.05, 0) is 13.3 Å². The third kappa shape index (κ3) is 4.62. The van der Waals surface area contributed by atoms with Crippen molar-refractivity contribution in [3.8, 4) is 0 Å². The number of hydrogen-bond acceptors (Lipinski definition) is 4. The number of nitrogens with one attached hydrogen (secondary N) is 1. The second-order valence-corrected chi connectivity index (χ2v) is 4.57. The summed E-state index contributed by atoms with van der Waals surface area (Å²) >= 11 is 0. The second-order valence-electron chi connectivity index (χ2n) is 4.57. The van der Waals surface area contributed by atoms with Crippen LogP contribution >= 0.6 is 0 Å². The molecule has 18 heavy (non-hydrogen) atoms. The number of nitrogens with zero attached hydrogens (tertiary/aromatic N) is 1. The Morgan fingerprint density at radius 2 is 2.28 bits per heavy atom. The lowest BCUT2D eigenvalue weighted by atomic mass is 10.1. The van der Waals surface area contributed by atoms with Gasteiger partial charge in [0.15, 0.2) is 0 Å². The average Bonchev–Trinajstić information content (AvgIpc) is 2.36. The van der Waals surface area contributed by atoms with Crippen LogP contribution in [-0.2, 0) is 14.3 Å². The van der Waals surface area contributed by atoms with Gasteiger partial charge in [-0.2, -0.15) is 0 Å². The molecule has 0 bridgehead atoms. The van der Waals surface area contributed by atoms with E-state index in [0.717, 1.165) is 13.0 Å². The molecule has 2 unspecified atom stereocenters. The van der Waals surface area contributed by atoms with Crippen molar-refractivity contribution in [2.75, 3.05) is 26.2 Å². The minimum atomic E-state index is -0.980. The number of ether oxygens (including phenoxy) is 1. The molecule has 6 nitrogen and oxygen atoms in total. The summed E-state index contributed by atoms with van der Waals surface area (Å²) in [6, 6.07) is -0.0647. The Kier molecular flexibility index (Phi) is 6.07. The fourth-order valence-corrected chi connectivity index (χ4v) is 1.92. The van der Waals surface area contributed by atoms with Gasteiger partial charge < -0.3 is 20.1 Å². The molecule has 0 aromatic heterocycles. The number of carboxylic acid groups (broad SMARTS) is 1. The normalized spacial score (nSPS) is 21.3. The number of carbonyl (C=O) groups excluding carboxylic acids is 1. The van der Waals surface area contributed by atoms with E-state index >= 15 is 0 Å². The highest BCUT2D eigenvalue weighted by atomic mass is 16.5. The summed E-state index contributed by atoms with van der Waals surface area (Å²) in [7, 11) is 0. The van der Waals surface area contributed by atoms with Crippen LogP contribution in [0.5, 0.6) is 0 Å². The quantitative estimate of drug-likeness (QED) is 0.705. The van der Waals surface area contributed by atoms with Crippen LogP contribution in [0.2, 0.25) is 0 Å². The lowest BCUT2D eigenvalue weighted by Crippen LogP contribution is -2.46. The first-order chi connectivity index (χ1) is 8.54. The van der Waals surface area contributed by atoms with Crippen molar-refractivity contribution in [1.29, 1.82) is 0 Å². The summed E-state index contributed by atoms with van der Waals surface area (Å²) in [6.45, 7) is 5.60. The highest BCUT2D eigenvalue weighted by Gasteiger charge is 2.25. The molecule has 0 radical (unpaired) electrons. The van der Waals surface area contributed by atoms with Gasteiger partial charge in [0, 0.05) is 19.1 Å². The molecule has 1 heterocycles. The Labute approximate surface area is 107 Å². The van der Waals surface area contributed by atoms with Gasteiger partial charge in [0.1, 0.15) is 6.54 Å². The van der Waals surface area contributed by atoms with Crippen molar-refractivity contribution >= 4 is 11.9 Å². The van der Waals surface area contributed by atoms with Crippen LogP contribution in [0.1, 0.15) is 26.7 Å². The first-order valence-electron chi connectivity index (χ1n) is 6.38. The molecule has 0 aromatic carbocycles. The van der Waals surface area contributed by atoms with Crippen molar-refractivity contribution in [3.63, 3.8) is 0 Å². The van der Waals surface area contributed by atoms with Crippen molar-refractivity contribution in [3.05, 3.63) is 0 Å². The molecular weight excluding hydrogens is 236 g/mol. The molecule has 6 heteroatoms. The van der Waals surface area contributed by atoms with Gasteiger partial charge in [-0.15, -0.1) is 0 Å². The predicted octanol–water partition coefficient (Wildman–Crippen LogP) is 0.0766. The molecule has 0 aliphatic carbocycles. The molecule has 2 N–H and O–H groups in total. The maximum atomic E-state index is 12.1. The summed E-state index contributed by atoms with van der Waals surface area (Å²) in [6.07, 6.45) is 0.833. The van der Waals surface area contributed by atoms with Gasteiger partial charge in [-0.1, -0.05) is 6.92 Å². The molecule has 2 atom stereocenters. The van der Waals surface area contributed by atoms with Crippen LogP contribution in [-0.4, -0.2) is 60.3 Å². The standard InChI is InChI=1S/C12H22N2O4/c1-3-9(2)14(8-12(16)17)11(15)6-10-7-13-4-5-18-10/h9-10,13H,3-8H2,1-2H3,(H,16,17). The Balaban J connectivity index is 2.54. The van der Waals surface area contributed by atoms with Gasteiger partial charge in [-0.25, -0.2) is 0 Å². The fourth-order valence-electron chi connectivity index (χ4n) is 1.92. The Morgan fingerprint density at radius 1 is 1.56 bits per heavy atom. The van der Waals surface area contributed by atoms with Gasteiger partial charge in [0.05, 0.1) is 19.1 Å². The van der Waals surface area contributed by atoms with E-state index in [0.29, 0.717) is 13.2 Å². The monoisotopic (exact) mass is 258 g/mol. The van der Waals surface area contributed by atoms with Crippen molar-refractivity contribution < 1.29 is 19.4 Å². The van der Waals surface area contributed by atoms with E-state index in [4.69, 9.17) is 9.84 Å². The van der Waals surface area contributed by atoms with Gasteiger partial charge in [0.25, 0.3) is 0 Å². The third-order valence-corrected chi connectivity index (χ3v) is 3.16. The van der Waals surface area contributed by atoms with Crippen molar-refractivity contribution in [2.45, 2.75) is 38.8 Å². The zero-order chi connectivity index (χ0) is 13.5. The molecular formula is C12H22N2O4. The first-order valence-corrected chi connectivity index (χ1v) is 6.38. The van der Waals surface area contributed by atoms with E-state index in [9.17, 15) is 9.59 Å². The maximum absolute atomic E-state index is 12.1. The summed E-state index contributed by atoms with van der Waals surface area (Å²) in [5, 5.41) is 12.0. The molecule has 0 saturated carbocycles. The largest absolute Gasteiger partial charge is 0.480 e. The number of rotatable bonds is 6. The van der Waals surface area contributed by atoms with Crippen LogP contribution in [0.4, 0.5) is 0 Å². The number of hydrogen-bond donors (Lipinski definition) is 2. The third-order valence-electron chi connectivity index (χ3n) is 3.16. The van der Waals surface area contributed by atoms with Crippen LogP contribution in [0, 0.1) is 0 Å². The van der Waals surface area contributed by atoms with Crippen molar-refractivity contribution in [1.82, 2.24) is 10.2 Å². The highest BCUT2D eigenvalue weighted by molar-refractivity contribution is 5.82. The molecule has 1 aliphatic rings. The number of carboxylic acids is 1. The molecule has 1 fully saturated rings. The summed E-state index contributed by atoms with van der Waals surface area (Å²) in [5.74, 6) is -1.13. The zero-order valence-corrected chi connectivity index (χ0v) is 11.0. The fraction of sp³-hybridized carbons (Fsp3) is 0.833. The predicted molar refractivity (Wildman–Crippen MR) is 66.3 cm³/mol. The number of amides is 1. The number of morpholine rings is 1. The van der Waals surface area contributed by atoms with Gasteiger partial charge in [-0.3, -0.25) is 9.59 Å². The number of carbonyl (C=O) groups is 2. The smallest absolute Gasteiger partial charge is 0.323 e. The first kappa shape index (κ1) is 14.9. The lowest BCUT2D eigenvalue weighted by molar-refractivity contribution is -0.147. The Morgan fingerprint density at radius 3 is 2.78 bits per heavy atom. The average molecular weight is 258 g/mol. The van der Waals surface area contributed by atoms with Crippen LogP contribution in [0.15, 0.2) is 0 Å². The molecule has 1 amide bonds. The molecule has 104 valence electrons. The topological polar surface area (TPSA) is 78.9 Å². The van der Waals surface area contributed by atoms with Crippen LogP contribution in [0.25, 0.3) is 0 Å². The molecule has 1 aliphatic heterocycles. The van der Waals surface area contributed by atoms with Gasteiger partial charge in [0.2, 0.25) is 5.91 Å². The van der Waals surface area contributed by atoms with E-state index in [1.807, 2.05) is 13.8 Å². The molecule has 1 saturated heterocycles. The number of aliphatic carboxylic acids is 1. The zero-order valence-electron chi connectivity index (χ0n) is 11.0. The SMILES string of the molecule is CCC(C)N(CC(=O)O)C(=O)CC1CNCCO1. The summed E-state index contributed by atoms with van der Waals surface area (Å²) in [5.41, 5.74) is 0. The lowest BCUT2D eigenvalue weighted by Gasteiger charge is -2.30. The van der Waals surface area contributed by atoms with Crippen LogP contribution in [0.3, 0.4) is 0 Å². The minimum Gasteiger partial charge on any atom is -0.480 e. The van der Waals surface area contributed by atoms with E-state index in [2.05, 4.69) is 5.32 Å². The maximum Gasteiger partial charge on any atom is 0.323 e. The molecule has 1 rings (SSSR count). The second kappa shape index (κ2) is 7.33. The molecule has 0 spiro atoms. The van der Waals surface area contributed by atoms with E-state index in [-0.39, 0.29) is 31.0 Å². The minimum absolute atomic E-state index is 0.0647.